The van der Waals surface area contributed by atoms with Gasteiger partial charge in [-0.05, 0) is 82.3 Å². The molecule has 4 aliphatic carbocycles. The SMILES string of the molecule is Cc1ccc(-c2nnc([C@@H](C)OC(=O)C34CC5CC(CC(C5)C3)C4)o2)cc1. The predicted molar refractivity (Wildman–Crippen MR) is 99.6 cm³/mol. The summed E-state index contributed by atoms with van der Waals surface area (Å²) in [4.78, 5) is 13.1. The molecule has 5 nitrogen and oxygen atoms in total. The van der Waals surface area contributed by atoms with E-state index in [1.54, 1.807) is 0 Å². The molecule has 0 amide bonds. The van der Waals surface area contributed by atoms with Crippen LogP contribution in [0.5, 0.6) is 0 Å². The van der Waals surface area contributed by atoms with Crippen LogP contribution in [-0.2, 0) is 9.53 Å². The molecule has 0 radical (unpaired) electrons. The second-order valence-electron chi connectivity index (χ2n) is 9.06. The number of ether oxygens (including phenoxy) is 1. The number of carbonyl (C=O) groups excluding carboxylic acids is 1. The van der Waals surface area contributed by atoms with Crippen molar-refractivity contribution in [3.63, 3.8) is 0 Å². The maximum atomic E-state index is 13.1. The van der Waals surface area contributed by atoms with Crippen LogP contribution in [0.25, 0.3) is 11.5 Å². The minimum Gasteiger partial charge on any atom is -0.452 e. The van der Waals surface area contributed by atoms with Gasteiger partial charge in [0.2, 0.25) is 5.89 Å². The van der Waals surface area contributed by atoms with Gasteiger partial charge in [-0.1, -0.05) is 17.7 Å². The van der Waals surface area contributed by atoms with Crippen molar-refractivity contribution < 1.29 is 13.9 Å². The second-order valence-corrected chi connectivity index (χ2v) is 9.06. The van der Waals surface area contributed by atoms with Gasteiger partial charge in [0, 0.05) is 5.56 Å². The number of benzene rings is 1. The van der Waals surface area contributed by atoms with Crippen molar-refractivity contribution in [2.75, 3.05) is 0 Å². The van der Waals surface area contributed by atoms with Crippen LogP contribution in [0, 0.1) is 30.1 Å². The van der Waals surface area contributed by atoms with E-state index in [0.717, 1.165) is 42.6 Å². The molecule has 0 N–H and O–H groups in total. The Morgan fingerprint density at radius 2 is 1.67 bits per heavy atom. The molecule has 0 aliphatic heterocycles. The van der Waals surface area contributed by atoms with E-state index in [1.807, 2.05) is 38.1 Å². The lowest BCUT2D eigenvalue weighted by atomic mass is 9.49. The summed E-state index contributed by atoms with van der Waals surface area (Å²) in [6.45, 7) is 3.86. The Morgan fingerprint density at radius 1 is 1.07 bits per heavy atom. The Labute approximate surface area is 159 Å². The molecule has 6 rings (SSSR count). The Hall–Kier alpha value is -2.17. The first-order valence-electron chi connectivity index (χ1n) is 10.1. The number of aryl methyl sites for hydroxylation is 1. The van der Waals surface area contributed by atoms with Gasteiger partial charge < -0.3 is 9.15 Å². The van der Waals surface area contributed by atoms with Gasteiger partial charge in [-0.3, -0.25) is 4.79 Å². The topological polar surface area (TPSA) is 65.2 Å². The summed E-state index contributed by atoms with van der Waals surface area (Å²) < 4.78 is 11.6. The minimum absolute atomic E-state index is 0.0517. The highest BCUT2D eigenvalue weighted by atomic mass is 16.6. The summed E-state index contributed by atoms with van der Waals surface area (Å²) in [5.41, 5.74) is 1.79. The molecule has 0 spiro atoms. The first-order valence-corrected chi connectivity index (χ1v) is 10.1. The van der Waals surface area contributed by atoms with E-state index < -0.39 is 6.10 Å². The first kappa shape index (κ1) is 17.0. The van der Waals surface area contributed by atoms with Gasteiger partial charge in [0.15, 0.2) is 6.10 Å². The molecule has 27 heavy (non-hydrogen) atoms. The van der Waals surface area contributed by atoms with Gasteiger partial charge in [-0.2, -0.15) is 0 Å². The number of rotatable bonds is 4. The molecule has 1 aromatic carbocycles. The summed E-state index contributed by atoms with van der Waals surface area (Å²) in [6, 6.07) is 7.93. The number of esters is 1. The fourth-order valence-electron chi connectivity index (χ4n) is 5.91. The van der Waals surface area contributed by atoms with Crippen LogP contribution in [-0.4, -0.2) is 16.2 Å². The Bertz CT molecular complexity index is 819. The molecule has 0 saturated heterocycles. The molecule has 2 aromatic rings. The minimum atomic E-state index is -0.516. The van der Waals surface area contributed by atoms with E-state index in [0.29, 0.717) is 11.8 Å². The molecule has 142 valence electrons. The van der Waals surface area contributed by atoms with Crippen molar-refractivity contribution in [3.8, 4) is 11.5 Å². The molecule has 1 aromatic heterocycles. The molecular weight excluding hydrogens is 340 g/mol. The molecule has 0 unspecified atom stereocenters. The lowest BCUT2D eigenvalue weighted by Gasteiger charge is -2.55. The third-order valence-corrected chi connectivity index (χ3v) is 6.84. The predicted octanol–water partition coefficient (Wildman–Crippen LogP) is 4.87. The molecule has 4 aliphatic rings. The van der Waals surface area contributed by atoms with E-state index in [9.17, 15) is 4.79 Å². The molecular formula is C22H26N2O3. The maximum absolute atomic E-state index is 13.1. The number of hydrogen-bond acceptors (Lipinski definition) is 5. The van der Waals surface area contributed by atoms with Crippen molar-refractivity contribution >= 4 is 5.97 Å². The zero-order valence-corrected chi connectivity index (χ0v) is 16.0. The third kappa shape index (κ3) is 2.97. The van der Waals surface area contributed by atoms with Gasteiger partial charge in [0.25, 0.3) is 5.89 Å². The fraction of sp³-hybridized carbons (Fsp3) is 0.591. The van der Waals surface area contributed by atoms with Gasteiger partial charge in [0.1, 0.15) is 0 Å². The van der Waals surface area contributed by atoms with E-state index in [4.69, 9.17) is 9.15 Å². The molecule has 1 heterocycles. The Balaban J connectivity index is 1.30. The quantitative estimate of drug-likeness (QED) is 0.723. The Kier molecular flexibility index (Phi) is 3.88. The van der Waals surface area contributed by atoms with Crippen molar-refractivity contribution in [2.24, 2.45) is 23.2 Å². The zero-order chi connectivity index (χ0) is 18.6. The second kappa shape index (κ2) is 6.18. The van der Waals surface area contributed by atoms with E-state index in [-0.39, 0.29) is 11.4 Å². The molecule has 5 heteroatoms. The van der Waals surface area contributed by atoms with Crippen LogP contribution in [0.1, 0.15) is 63.0 Å². The standard InChI is InChI=1S/C22H26N2O3/c1-13-3-5-18(6-4-13)20-24-23-19(27-20)14(2)26-21(25)22-10-15-7-16(11-22)9-17(8-15)12-22/h3-6,14-17H,7-12H2,1-2H3/t14-,15?,16?,17?,22?/m1/s1. The highest BCUT2D eigenvalue weighted by molar-refractivity contribution is 5.77. The maximum Gasteiger partial charge on any atom is 0.312 e. The van der Waals surface area contributed by atoms with Crippen molar-refractivity contribution in [2.45, 2.75) is 58.5 Å². The first-order chi connectivity index (χ1) is 13.0. The van der Waals surface area contributed by atoms with Crippen LogP contribution in [0.3, 0.4) is 0 Å². The number of hydrogen-bond donors (Lipinski definition) is 0. The summed E-state index contributed by atoms with van der Waals surface area (Å²) in [7, 11) is 0. The normalized spacial score (nSPS) is 32.4. The highest BCUT2D eigenvalue weighted by Gasteiger charge is 2.55. The Morgan fingerprint density at radius 3 is 2.26 bits per heavy atom. The van der Waals surface area contributed by atoms with Crippen LogP contribution < -0.4 is 0 Å². The molecule has 4 saturated carbocycles. The monoisotopic (exact) mass is 366 g/mol. The summed E-state index contributed by atoms with van der Waals surface area (Å²) in [5.74, 6) is 2.93. The van der Waals surface area contributed by atoms with Crippen LogP contribution in [0.2, 0.25) is 0 Å². The smallest absolute Gasteiger partial charge is 0.312 e. The average Bonchev–Trinajstić information content (AvgIpc) is 3.11. The van der Waals surface area contributed by atoms with E-state index >= 15 is 0 Å². The number of nitrogens with zero attached hydrogens (tertiary/aromatic N) is 2. The van der Waals surface area contributed by atoms with Crippen LogP contribution >= 0.6 is 0 Å². The van der Waals surface area contributed by atoms with Crippen molar-refractivity contribution in [1.29, 1.82) is 0 Å². The van der Waals surface area contributed by atoms with Gasteiger partial charge >= 0.3 is 5.97 Å². The largest absolute Gasteiger partial charge is 0.452 e. The lowest BCUT2D eigenvalue weighted by Crippen LogP contribution is -2.50. The fourth-order valence-corrected chi connectivity index (χ4v) is 5.91. The lowest BCUT2D eigenvalue weighted by molar-refractivity contribution is -0.177. The summed E-state index contributed by atoms with van der Waals surface area (Å²) >= 11 is 0. The van der Waals surface area contributed by atoms with Crippen molar-refractivity contribution in [1.82, 2.24) is 10.2 Å². The summed E-state index contributed by atoms with van der Waals surface area (Å²) in [5, 5.41) is 8.25. The molecule has 1 atom stereocenters. The van der Waals surface area contributed by atoms with Crippen LogP contribution in [0.4, 0.5) is 0 Å². The number of carbonyl (C=O) groups is 1. The van der Waals surface area contributed by atoms with E-state index in [1.165, 1.54) is 24.8 Å². The van der Waals surface area contributed by atoms with E-state index in [2.05, 4.69) is 10.2 Å². The molecule has 4 fully saturated rings. The third-order valence-electron chi connectivity index (χ3n) is 6.84. The summed E-state index contributed by atoms with van der Waals surface area (Å²) in [6.07, 6.45) is 6.43. The number of aromatic nitrogens is 2. The highest BCUT2D eigenvalue weighted by Crippen LogP contribution is 2.60. The zero-order valence-electron chi connectivity index (χ0n) is 16.0. The van der Waals surface area contributed by atoms with Crippen molar-refractivity contribution in [3.05, 3.63) is 35.7 Å². The molecule has 4 bridgehead atoms. The van der Waals surface area contributed by atoms with Crippen LogP contribution in [0.15, 0.2) is 28.7 Å². The van der Waals surface area contributed by atoms with Gasteiger partial charge in [-0.25, -0.2) is 0 Å². The van der Waals surface area contributed by atoms with Gasteiger partial charge in [-0.15, -0.1) is 10.2 Å². The average molecular weight is 366 g/mol. The van der Waals surface area contributed by atoms with Gasteiger partial charge in [0.05, 0.1) is 5.41 Å².